The van der Waals surface area contributed by atoms with Crippen LogP contribution in [0.15, 0.2) is 29.1 Å². The fourth-order valence-electron chi connectivity index (χ4n) is 5.48. The largest absolute Gasteiger partial charge is 1.00 e. The molecule has 212 valence electrons. The van der Waals surface area contributed by atoms with Crippen molar-refractivity contribution in [2.45, 2.75) is 116 Å². The van der Waals surface area contributed by atoms with E-state index in [4.69, 9.17) is 0 Å². The van der Waals surface area contributed by atoms with E-state index in [1.165, 1.54) is 83.5 Å². The number of hydrogen-bond donors (Lipinski definition) is 0. The van der Waals surface area contributed by atoms with Crippen molar-refractivity contribution < 1.29 is 52.6 Å². The summed E-state index contributed by atoms with van der Waals surface area (Å²) in [5.41, 5.74) is 1.91. The molecule has 2 heterocycles. The number of amidine groups is 1. The SMILES string of the molecule is CCCCCCCCCCCCCCCCN1CCc2cc(N3C(=O)/C(=C\[O-])N=C3C(F)(F)F)c(C)cc21.[Na+]. The van der Waals surface area contributed by atoms with Crippen LogP contribution in [0.2, 0.25) is 0 Å². The predicted molar refractivity (Wildman–Crippen MR) is 146 cm³/mol. The average molecular weight is 558 g/mol. The number of amides is 1. The van der Waals surface area contributed by atoms with Gasteiger partial charge >= 0.3 is 35.7 Å². The molecule has 0 radical (unpaired) electrons. The number of unbranched alkanes of at least 4 members (excludes halogenated alkanes) is 13. The number of carbonyl (C=O) groups is 1. The number of hydrogen-bond acceptors (Lipinski definition) is 4. The average Bonchev–Trinajstić information content (AvgIpc) is 3.43. The maximum atomic E-state index is 13.6. The molecule has 0 spiro atoms. The molecule has 1 aromatic rings. The summed E-state index contributed by atoms with van der Waals surface area (Å²) < 4.78 is 40.7. The monoisotopic (exact) mass is 557 g/mol. The van der Waals surface area contributed by atoms with Crippen LogP contribution in [0, 0.1) is 6.92 Å². The summed E-state index contributed by atoms with van der Waals surface area (Å²) >= 11 is 0. The Balaban J connectivity index is 0.00000533. The summed E-state index contributed by atoms with van der Waals surface area (Å²) in [4.78, 5) is 18.6. The number of rotatable bonds is 16. The van der Waals surface area contributed by atoms with Gasteiger partial charge in [-0.2, -0.15) is 13.2 Å². The molecule has 2 aliphatic rings. The number of alkyl halides is 3. The van der Waals surface area contributed by atoms with Gasteiger partial charge in [-0.25, -0.2) is 4.99 Å². The van der Waals surface area contributed by atoms with Crippen molar-refractivity contribution in [3.05, 3.63) is 35.2 Å². The van der Waals surface area contributed by atoms with E-state index in [0.29, 0.717) is 16.9 Å². The quantitative estimate of drug-likeness (QED) is 0.131. The van der Waals surface area contributed by atoms with Crippen molar-refractivity contribution in [2.24, 2.45) is 4.99 Å². The molecule has 0 saturated carbocycles. The van der Waals surface area contributed by atoms with Crippen molar-refractivity contribution in [2.75, 3.05) is 22.9 Å². The Bertz CT molecular complexity index is 994. The van der Waals surface area contributed by atoms with Crippen LogP contribution in [-0.4, -0.2) is 31.0 Å². The van der Waals surface area contributed by atoms with E-state index in [1.807, 2.05) is 6.07 Å². The Kier molecular flexibility index (Phi) is 14.4. The van der Waals surface area contributed by atoms with Gasteiger partial charge in [-0.15, -0.1) is 6.26 Å². The van der Waals surface area contributed by atoms with Crippen LogP contribution in [0.25, 0.3) is 0 Å². The van der Waals surface area contributed by atoms with E-state index >= 15 is 0 Å². The second-order valence-electron chi connectivity index (χ2n) is 10.7. The topological polar surface area (TPSA) is 59.0 Å². The summed E-state index contributed by atoms with van der Waals surface area (Å²) in [5, 5.41) is 11.1. The Morgan fingerprint density at radius 3 is 1.95 bits per heavy atom. The first kappa shape index (κ1) is 33.7. The van der Waals surface area contributed by atoms with Crippen molar-refractivity contribution in [3.63, 3.8) is 0 Å². The molecule has 9 heteroatoms. The van der Waals surface area contributed by atoms with Gasteiger partial charge in [0.05, 0.1) is 5.69 Å². The first-order chi connectivity index (χ1) is 18.3. The van der Waals surface area contributed by atoms with Gasteiger partial charge in [-0.1, -0.05) is 90.4 Å². The van der Waals surface area contributed by atoms with Gasteiger partial charge in [0.1, 0.15) is 5.70 Å². The predicted octanol–water partition coefficient (Wildman–Crippen LogP) is 4.35. The molecule has 0 saturated heterocycles. The minimum absolute atomic E-state index is 0. The van der Waals surface area contributed by atoms with Gasteiger partial charge < -0.3 is 10.0 Å². The van der Waals surface area contributed by atoms with E-state index in [-0.39, 0.29) is 41.5 Å². The molecule has 0 atom stereocenters. The minimum Gasteiger partial charge on any atom is -0.876 e. The fraction of sp³-hybridized carbons (Fsp3) is 0.667. The molecule has 0 fully saturated rings. The van der Waals surface area contributed by atoms with E-state index in [2.05, 4.69) is 16.8 Å². The summed E-state index contributed by atoms with van der Waals surface area (Å²) in [6.07, 6.45) is 14.3. The number of benzene rings is 1. The number of aliphatic imine (C=N–C) groups is 1. The number of nitrogens with zero attached hydrogens (tertiary/aromatic N) is 3. The third-order valence-electron chi connectivity index (χ3n) is 7.64. The molecule has 1 aromatic carbocycles. The van der Waals surface area contributed by atoms with Crippen LogP contribution in [0.4, 0.5) is 24.5 Å². The minimum atomic E-state index is -4.84. The molecule has 3 rings (SSSR count). The van der Waals surface area contributed by atoms with E-state index in [9.17, 15) is 23.1 Å². The van der Waals surface area contributed by atoms with E-state index in [1.54, 1.807) is 13.0 Å². The molecule has 1 amide bonds. The van der Waals surface area contributed by atoms with Gasteiger partial charge in [-0.3, -0.25) is 9.69 Å². The molecule has 0 aliphatic carbocycles. The number of fused-ring (bicyclic) bond motifs is 1. The van der Waals surface area contributed by atoms with Crippen molar-refractivity contribution >= 4 is 23.1 Å². The first-order valence-electron chi connectivity index (χ1n) is 14.5. The zero-order chi connectivity index (χ0) is 27.5. The third kappa shape index (κ3) is 9.53. The maximum Gasteiger partial charge on any atom is 1.00 e. The van der Waals surface area contributed by atoms with Gasteiger partial charge in [0.25, 0.3) is 5.91 Å². The molecular formula is C30H43F3N3NaO2. The molecule has 0 unspecified atom stereocenters. The second kappa shape index (κ2) is 16.7. The molecule has 39 heavy (non-hydrogen) atoms. The van der Waals surface area contributed by atoms with Gasteiger partial charge in [0, 0.05) is 18.8 Å². The molecule has 0 bridgehead atoms. The smallest absolute Gasteiger partial charge is 0.876 e. The first-order valence-corrected chi connectivity index (χ1v) is 14.5. The van der Waals surface area contributed by atoms with Gasteiger partial charge in [0.15, 0.2) is 0 Å². The third-order valence-corrected chi connectivity index (χ3v) is 7.64. The normalized spacial score (nSPS) is 16.2. The van der Waals surface area contributed by atoms with Crippen LogP contribution in [0.3, 0.4) is 0 Å². The Labute approximate surface area is 254 Å². The number of aryl methyl sites for hydroxylation is 1. The van der Waals surface area contributed by atoms with Gasteiger partial charge in [-0.05, 0) is 43.0 Å². The molecular weight excluding hydrogens is 514 g/mol. The standard InChI is InChI=1S/C30H44F3N3O2.Na/c1-3-4-5-6-7-8-9-10-11-12-13-14-15-16-18-35-19-17-24-21-26(23(2)20-27(24)35)36-28(38)25(22-37)34-29(36)30(31,32)33;/h20-22,37H,3-19H2,1-2H3;/q;+1/p-1/b25-22+;. The van der Waals surface area contributed by atoms with Crippen LogP contribution >= 0.6 is 0 Å². The fourth-order valence-corrected chi connectivity index (χ4v) is 5.48. The summed E-state index contributed by atoms with van der Waals surface area (Å²) in [5.74, 6) is -2.39. The maximum absolute atomic E-state index is 13.6. The number of anilines is 2. The molecule has 0 aromatic heterocycles. The summed E-state index contributed by atoms with van der Waals surface area (Å²) in [6.45, 7) is 5.69. The van der Waals surface area contributed by atoms with Crippen LogP contribution < -0.4 is 44.5 Å². The van der Waals surface area contributed by atoms with Crippen LogP contribution in [0.5, 0.6) is 0 Å². The second-order valence-corrected chi connectivity index (χ2v) is 10.7. The molecule has 0 N–H and O–H groups in total. The zero-order valence-electron chi connectivity index (χ0n) is 24.0. The van der Waals surface area contributed by atoms with Crippen LogP contribution in [-0.2, 0) is 11.2 Å². The van der Waals surface area contributed by atoms with Crippen molar-refractivity contribution in [3.8, 4) is 0 Å². The van der Waals surface area contributed by atoms with Crippen LogP contribution in [0.1, 0.15) is 108 Å². The summed E-state index contributed by atoms with van der Waals surface area (Å²) in [7, 11) is 0. The molecule has 5 nitrogen and oxygen atoms in total. The number of halogens is 3. The van der Waals surface area contributed by atoms with Crippen molar-refractivity contribution in [1.29, 1.82) is 0 Å². The van der Waals surface area contributed by atoms with Gasteiger partial charge in [0.2, 0.25) is 5.84 Å². The van der Waals surface area contributed by atoms with Crippen molar-refractivity contribution in [1.82, 2.24) is 0 Å². The van der Waals surface area contributed by atoms with E-state index < -0.39 is 23.6 Å². The Morgan fingerprint density at radius 2 is 1.44 bits per heavy atom. The Morgan fingerprint density at radius 1 is 0.897 bits per heavy atom. The van der Waals surface area contributed by atoms with E-state index in [0.717, 1.165) is 30.8 Å². The zero-order valence-corrected chi connectivity index (χ0v) is 26.0. The molecule has 2 aliphatic heterocycles. The number of carbonyl (C=O) groups excluding carboxylic acids is 1. The summed E-state index contributed by atoms with van der Waals surface area (Å²) in [6, 6.07) is 3.52. The Hall–Kier alpha value is -1.51.